The quantitative estimate of drug-likeness (QED) is 0.793. The minimum absolute atomic E-state index is 0.311. The lowest BCUT2D eigenvalue weighted by molar-refractivity contribution is 0.0793. The average molecular weight is 227 g/mol. The monoisotopic (exact) mass is 227 g/mol. The molecule has 1 heterocycles. The van der Waals surface area contributed by atoms with Gasteiger partial charge >= 0.3 is 0 Å². The van der Waals surface area contributed by atoms with Crippen molar-refractivity contribution in [1.82, 2.24) is 9.80 Å². The van der Waals surface area contributed by atoms with Gasteiger partial charge < -0.3 is 10.6 Å². The number of rotatable bonds is 3. The molecule has 96 valence electrons. The Kier molecular flexibility index (Phi) is 4.77. The molecule has 0 aromatic rings. The zero-order chi connectivity index (χ0) is 12.3. The summed E-state index contributed by atoms with van der Waals surface area (Å²) < 4.78 is 0. The highest BCUT2D eigenvalue weighted by atomic mass is 15.3. The number of nitrogens with two attached hydrogens (primary N) is 1. The van der Waals surface area contributed by atoms with Gasteiger partial charge in [-0.15, -0.1) is 0 Å². The summed E-state index contributed by atoms with van der Waals surface area (Å²) >= 11 is 0. The molecule has 2 N–H and O–H groups in total. The van der Waals surface area contributed by atoms with Crippen LogP contribution in [-0.2, 0) is 0 Å². The fourth-order valence-corrected chi connectivity index (χ4v) is 2.80. The first-order valence-corrected chi connectivity index (χ1v) is 6.55. The van der Waals surface area contributed by atoms with E-state index in [1.807, 2.05) is 0 Å². The van der Waals surface area contributed by atoms with Crippen molar-refractivity contribution in [2.45, 2.75) is 58.2 Å². The zero-order valence-corrected chi connectivity index (χ0v) is 11.7. The van der Waals surface area contributed by atoms with E-state index >= 15 is 0 Å². The van der Waals surface area contributed by atoms with Gasteiger partial charge in [0.25, 0.3) is 0 Å². The number of hydrogen-bond acceptors (Lipinski definition) is 3. The van der Waals surface area contributed by atoms with Crippen LogP contribution >= 0.6 is 0 Å². The Labute approximate surface area is 101 Å². The van der Waals surface area contributed by atoms with Gasteiger partial charge in [0.2, 0.25) is 0 Å². The topological polar surface area (TPSA) is 32.5 Å². The first-order chi connectivity index (χ1) is 7.38. The molecule has 0 bridgehead atoms. The molecule has 1 atom stereocenters. The molecule has 1 aliphatic heterocycles. The summed E-state index contributed by atoms with van der Waals surface area (Å²) in [5, 5.41) is 0. The second-order valence-corrected chi connectivity index (χ2v) is 6.02. The van der Waals surface area contributed by atoms with E-state index in [9.17, 15) is 0 Å². The Morgan fingerprint density at radius 1 is 1.38 bits per heavy atom. The van der Waals surface area contributed by atoms with Crippen LogP contribution in [0.15, 0.2) is 0 Å². The van der Waals surface area contributed by atoms with Crippen LogP contribution in [0.1, 0.15) is 40.5 Å². The van der Waals surface area contributed by atoms with E-state index in [4.69, 9.17) is 5.73 Å². The molecule has 1 rings (SSSR count). The molecule has 1 saturated heterocycles. The van der Waals surface area contributed by atoms with Gasteiger partial charge in [-0.25, -0.2) is 0 Å². The Hall–Kier alpha value is -0.120. The van der Waals surface area contributed by atoms with Crippen molar-refractivity contribution >= 4 is 0 Å². The van der Waals surface area contributed by atoms with Crippen molar-refractivity contribution in [3.63, 3.8) is 0 Å². The van der Waals surface area contributed by atoms with Crippen LogP contribution in [0.3, 0.4) is 0 Å². The summed E-state index contributed by atoms with van der Waals surface area (Å²) in [5.74, 6) is 0. The van der Waals surface area contributed by atoms with E-state index in [0.717, 1.165) is 19.5 Å². The highest BCUT2D eigenvalue weighted by Crippen LogP contribution is 2.27. The summed E-state index contributed by atoms with van der Waals surface area (Å²) in [6.07, 6.45) is 2.35. The zero-order valence-electron chi connectivity index (χ0n) is 11.7. The minimum Gasteiger partial charge on any atom is -0.330 e. The molecular formula is C13H29N3. The highest BCUT2D eigenvalue weighted by Gasteiger charge is 2.34. The second kappa shape index (κ2) is 5.48. The van der Waals surface area contributed by atoms with Crippen LogP contribution in [0, 0.1) is 0 Å². The largest absolute Gasteiger partial charge is 0.330 e. The van der Waals surface area contributed by atoms with Crippen molar-refractivity contribution in [1.29, 1.82) is 0 Å². The summed E-state index contributed by atoms with van der Waals surface area (Å²) in [6, 6.07) is 1.23. The van der Waals surface area contributed by atoms with Crippen LogP contribution in [0.25, 0.3) is 0 Å². The molecule has 0 radical (unpaired) electrons. The second-order valence-electron chi connectivity index (χ2n) is 6.02. The van der Waals surface area contributed by atoms with Gasteiger partial charge in [-0.1, -0.05) is 0 Å². The van der Waals surface area contributed by atoms with Gasteiger partial charge in [0.05, 0.1) is 0 Å². The Morgan fingerprint density at radius 2 is 2.00 bits per heavy atom. The third-order valence-electron chi connectivity index (χ3n) is 4.01. The summed E-state index contributed by atoms with van der Waals surface area (Å²) in [7, 11) is 2.24. The predicted molar refractivity (Wildman–Crippen MR) is 70.6 cm³/mol. The lowest BCUT2D eigenvalue weighted by Crippen LogP contribution is -2.50. The fourth-order valence-electron chi connectivity index (χ4n) is 2.80. The first kappa shape index (κ1) is 13.9. The van der Waals surface area contributed by atoms with E-state index in [0.29, 0.717) is 17.6 Å². The van der Waals surface area contributed by atoms with Crippen molar-refractivity contribution in [3.05, 3.63) is 0 Å². The van der Waals surface area contributed by atoms with Crippen LogP contribution in [0.2, 0.25) is 0 Å². The summed E-state index contributed by atoms with van der Waals surface area (Å²) in [4.78, 5) is 5.12. The van der Waals surface area contributed by atoms with Gasteiger partial charge in [-0.2, -0.15) is 0 Å². The lowest BCUT2D eigenvalue weighted by atomic mass is 9.96. The number of hydrogen-bond donors (Lipinski definition) is 1. The summed E-state index contributed by atoms with van der Waals surface area (Å²) in [5.41, 5.74) is 6.03. The van der Waals surface area contributed by atoms with Crippen molar-refractivity contribution in [2.24, 2.45) is 5.73 Å². The van der Waals surface area contributed by atoms with E-state index < -0.39 is 0 Å². The molecule has 0 amide bonds. The first-order valence-electron chi connectivity index (χ1n) is 6.55. The van der Waals surface area contributed by atoms with Gasteiger partial charge in [0.1, 0.15) is 0 Å². The maximum absolute atomic E-state index is 5.72. The SMILES string of the molecule is CC(C)N1CC(CCN)N(C)CCC1(C)C. The van der Waals surface area contributed by atoms with Gasteiger partial charge in [-0.05, 0) is 60.7 Å². The van der Waals surface area contributed by atoms with E-state index in [2.05, 4.69) is 44.5 Å². The van der Waals surface area contributed by atoms with Crippen LogP contribution < -0.4 is 5.73 Å². The molecule has 16 heavy (non-hydrogen) atoms. The molecule has 0 saturated carbocycles. The normalized spacial score (nSPS) is 28.3. The van der Waals surface area contributed by atoms with Crippen LogP contribution in [-0.4, -0.2) is 54.1 Å². The lowest BCUT2D eigenvalue weighted by Gasteiger charge is -2.41. The fraction of sp³-hybridized carbons (Fsp3) is 1.00. The number of likely N-dealkylation sites (N-methyl/N-ethyl adjacent to an activating group) is 1. The van der Waals surface area contributed by atoms with Crippen molar-refractivity contribution in [2.75, 3.05) is 26.7 Å². The van der Waals surface area contributed by atoms with Crippen LogP contribution in [0.4, 0.5) is 0 Å². The molecule has 0 aromatic carbocycles. The van der Waals surface area contributed by atoms with Crippen molar-refractivity contribution < 1.29 is 0 Å². The Morgan fingerprint density at radius 3 is 2.50 bits per heavy atom. The average Bonchev–Trinajstić information content (AvgIpc) is 2.29. The molecule has 3 nitrogen and oxygen atoms in total. The standard InChI is InChI=1S/C13H29N3/c1-11(2)16-10-12(6-8-14)15(5)9-7-13(16,3)4/h11-12H,6-10,14H2,1-5H3. The highest BCUT2D eigenvalue weighted by molar-refractivity contribution is 4.91. The number of nitrogens with zero attached hydrogens (tertiary/aromatic N) is 2. The van der Waals surface area contributed by atoms with Gasteiger partial charge in [0.15, 0.2) is 0 Å². The molecule has 0 aliphatic carbocycles. The smallest absolute Gasteiger partial charge is 0.0232 e. The molecule has 1 fully saturated rings. The molecule has 0 spiro atoms. The third-order valence-corrected chi connectivity index (χ3v) is 4.01. The molecule has 1 unspecified atom stereocenters. The van der Waals surface area contributed by atoms with Crippen molar-refractivity contribution in [3.8, 4) is 0 Å². The molecule has 3 heteroatoms. The van der Waals surface area contributed by atoms with E-state index in [-0.39, 0.29) is 0 Å². The maximum atomic E-state index is 5.72. The van der Waals surface area contributed by atoms with Gasteiger partial charge in [-0.3, -0.25) is 4.90 Å². The van der Waals surface area contributed by atoms with Gasteiger partial charge in [0, 0.05) is 24.2 Å². The van der Waals surface area contributed by atoms with Crippen LogP contribution in [0.5, 0.6) is 0 Å². The molecule has 0 aromatic heterocycles. The Bertz CT molecular complexity index is 213. The minimum atomic E-state index is 0.311. The predicted octanol–water partition coefficient (Wildman–Crippen LogP) is 1.53. The maximum Gasteiger partial charge on any atom is 0.0232 e. The summed E-state index contributed by atoms with van der Waals surface area (Å²) in [6.45, 7) is 12.5. The van der Waals surface area contributed by atoms with E-state index in [1.54, 1.807) is 0 Å². The molecule has 1 aliphatic rings. The third kappa shape index (κ3) is 3.19. The van der Waals surface area contributed by atoms with E-state index in [1.165, 1.54) is 13.0 Å². The Balaban J connectivity index is 2.79. The molecular weight excluding hydrogens is 198 g/mol.